The number of aromatic nitrogens is 5. The van der Waals surface area contributed by atoms with Crippen LogP contribution in [-0.4, -0.2) is 25.1 Å². The minimum atomic E-state index is 0.456. The van der Waals surface area contributed by atoms with Crippen molar-refractivity contribution in [1.82, 2.24) is 25.1 Å². The fourth-order valence-electron chi connectivity index (χ4n) is 3.38. The van der Waals surface area contributed by atoms with Crippen LogP contribution in [0.3, 0.4) is 0 Å². The number of benzene rings is 2. The molecule has 0 aliphatic heterocycles. The average Bonchev–Trinajstić information content (AvgIpc) is 3.17. The number of para-hydroxylation sites is 1. The Morgan fingerprint density at radius 3 is 2.63 bits per heavy atom. The lowest BCUT2D eigenvalue weighted by molar-refractivity contribution is 1.10. The molecule has 5 rings (SSSR count). The molecule has 2 N–H and O–H groups in total. The van der Waals surface area contributed by atoms with Crippen molar-refractivity contribution in [2.24, 2.45) is 0 Å². The number of nitrogens with one attached hydrogen (secondary N) is 2. The molecule has 0 saturated heterocycles. The van der Waals surface area contributed by atoms with E-state index in [9.17, 15) is 0 Å². The minimum absolute atomic E-state index is 0.456. The average molecular weight is 413 g/mol. The van der Waals surface area contributed by atoms with Crippen molar-refractivity contribution in [2.75, 3.05) is 5.32 Å². The number of anilines is 2. The van der Waals surface area contributed by atoms with Crippen molar-refractivity contribution >= 4 is 34.3 Å². The topological polar surface area (TPSA) is 79.4 Å². The second-order valence-electron chi connectivity index (χ2n) is 6.91. The van der Waals surface area contributed by atoms with Gasteiger partial charge in [-0.3, -0.25) is 10.1 Å². The molecule has 0 fully saturated rings. The van der Waals surface area contributed by atoms with Crippen molar-refractivity contribution in [3.63, 3.8) is 0 Å². The molecule has 0 aliphatic carbocycles. The van der Waals surface area contributed by atoms with Crippen LogP contribution in [-0.2, 0) is 0 Å². The molecule has 0 unspecified atom stereocenters. The Labute approximate surface area is 178 Å². The van der Waals surface area contributed by atoms with Gasteiger partial charge in [-0.05, 0) is 55.0 Å². The zero-order valence-electron chi connectivity index (χ0n) is 16.1. The SMILES string of the molecule is Cc1cc(Cl)ccc1-c1cc(-c2cccnc2)nc(Nc2n[nH]c3ccccc23)n1. The Bertz CT molecular complexity index is 1350. The molecular formula is C23H17ClN6. The summed E-state index contributed by atoms with van der Waals surface area (Å²) in [5.74, 6) is 1.13. The van der Waals surface area contributed by atoms with Gasteiger partial charge in [0.05, 0.1) is 16.9 Å². The van der Waals surface area contributed by atoms with E-state index in [-0.39, 0.29) is 0 Å². The Hall–Kier alpha value is -3.77. The maximum absolute atomic E-state index is 6.15. The molecule has 146 valence electrons. The highest BCUT2D eigenvalue weighted by Crippen LogP contribution is 2.30. The number of nitrogens with zero attached hydrogens (tertiary/aromatic N) is 4. The van der Waals surface area contributed by atoms with E-state index < -0.39 is 0 Å². The number of hydrogen-bond donors (Lipinski definition) is 2. The summed E-state index contributed by atoms with van der Waals surface area (Å²) in [5, 5.41) is 12.3. The molecule has 0 amide bonds. The molecule has 2 aromatic carbocycles. The lowest BCUT2D eigenvalue weighted by atomic mass is 10.0. The second-order valence-corrected chi connectivity index (χ2v) is 7.34. The lowest BCUT2D eigenvalue weighted by Gasteiger charge is -2.11. The van der Waals surface area contributed by atoms with Crippen molar-refractivity contribution in [2.45, 2.75) is 6.92 Å². The van der Waals surface area contributed by atoms with Gasteiger partial charge in [0.2, 0.25) is 5.95 Å². The van der Waals surface area contributed by atoms with E-state index >= 15 is 0 Å². The first-order valence-electron chi connectivity index (χ1n) is 9.43. The molecule has 0 aliphatic rings. The third-order valence-corrected chi connectivity index (χ3v) is 5.08. The van der Waals surface area contributed by atoms with Crippen molar-refractivity contribution in [3.8, 4) is 22.5 Å². The van der Waals surface area contributed by atoms with Crippen LogP contribution in [0.5, 0.6) is 0 Å². The molecule has 0 atom stereocenters. The predicted octanol–water partition coefficient (Wildman–Crippen LogP) is 5.79. The molecule has 0 radical (unpaired) electrons. The normalized spacial score (nSPS) is 11.0. The summed E-state index contributed by atoms with van der Waals surface area (Å²) >= 11 is 6.15. The molecule has 0 bridgehead atoms. The van der Waals surface area contributed by atoms with E-state index in [1.165, 1.54) is 0 Å². The lowest BCUT2D eigenvalue weighted by Crippen LogP contribution is -2.01. The van der Waals surface area contributed by atoms with E-state index in [4.69, 9.17) is 21.6 Å². The zero-order chi connectivity index (χ0) is 20.5. The van der Waals surface area contributed by atoms with Crippen molar-refractivity contribution in [3.05, 3.63) is 83.6 Å². The van der Waals surface area contributed by atoms with Gasteiger partial charge in [-0.2, -0.15) is 5.10 Å². The van der Waals surface area contributed by atoms with Gasteiger partial charge < -0.3 is 5.32 Å². The van der Waals surface area contributed by atoms with Crippen LogP contribution in [0.25, 0.3) is 33.4 Å². The largest absolute Gasteiger partial charge is 0.307 e. The number of rotatable bonds is 4. The van der Waals surface area contributed by atoms with Crippen LogP contribution in [0.4, 0.5) is 11.8 Å². The van der Waals surface area contributed by atoms with Gasteiger partial charge in [0.1, 0.15) is 0 Å². The highest BCUT2D eigenvalue weighted by Gasteiger charge is 2.13. The maximum Gasteiger partial charge on any atom is 0.229 e. The van der Waals surface area contributed by atoms with Crippen LogP contribution in [0.15, 0.2) is 73.1 Å². The molecule has 5 aromatic rings. The smallest absolute Gasteiger partial charge is 0.229 e. The number of fused-ring (bicyclic) bond motifs is 1. The van der Waals surface area contributed by atoms with E-state index in [1.807, 2.05) is 67.6 Å². The fourth-order valence-corrected chi connectivity index (χ4v) is 3.61. The van der Waals surface area contributed by atoms with Crippen LogP contribution >= 0.6 is 11.6 Å². The van der Waals surface area contributed by atoms with Crippen LogP contribution in [0, 0.1) is 6.92 Å². The number of H-pyrrole nitrogens is 1. The van der Waals surface area contributed by atoms with E-state index in [0.29, 0.717) is 16.8 Å². The van der Waals surface area contributed by atoms with Gasteiger partial charge in [0.25, 0.3) is 0 Å². The first-order valence-corrected chi connectivity index (χ1v) is 9.81. The summed E-state index contributed by atoms with van der Waals surface area (Å²) in [4.78, 5) is 13.7. The number of aryl methyl sites for hydroxylation is 1. The molecular weight excluding hydrogens is 396 g/mol. The van der Waals surface area contributed by atoms with E-state index in [0.717, 1.165) is 39.0 Å². The van der Waals surface area contributed by atoms with Gasteiger partial charge in [0, 0.05) is 33.9 Å². The van der Waals surface area contributed by atoms with Crippen molar-refractivity contribution in [1.29, 1.82) is 0 Å². The molecule has 6 nitrogen and oxygen atoms in total. The highest BCUT2D eigenvalue weighted by molar-refractivity contribution is 6.30. The van der Waals surface area contributed by atoms with E-state index in [1.54, 1.807) is 12.4 Å². The first kappa shape index (κ1) is 18.3. The summed E-state index contributed by atoms with van der Waals surface area (Å²) in [5.41, 5.74) is 5.43. The molecule has 30 heavy (non-hydrogen) atoms. The van der Waals surface area contributed by atoms with E-state index in [2.05, 4.69) is 20.5 Å². The standard InChI is InChI=1S/C23H17ClN6/c1-14-11-16(24)8-9-17(14)21-12-20(15-5-4-10-25-13-15)26-23(27-21)28-22-18-6-2-3-7-19(18)29-30-22/h2-13H,1H3,(H2,26,27,28,29,30). The van der Waals surface area contributed by atoms with Crippen LogP contribution < -0.4 is 5.32 Å². The Balaban J connectivity index is 1.64. The van der Waals surface area contributed by atoms with Crippen molar-refractivity contribution < 1.29 is 0 Å². The number of hydrogen-bond acceptors (Lipinski definition) is 5. The molecule has 3 heterocycles. The quantitative estimate of drug-likeness (QED) is 0.390. The van der Waals surface area contributed by atoms with Crippen LogP contribution in [0.2, 0.25) is 5.02 Å². The van der Waals surface area contributed by atoms with Crippen LogP contribution in [0.1, 0.15) is 5.56 Å². The molecule has 3 aromatic heterocycles. The summed E-state index contributed by atoms with van der Waals surface area (Å²) < 4.78 is 0. The predicted molar refractivity (Wildman–Crippen MR) is 120 cm³/mol. The number of aromatic amines is 1. The van der Waals surface area contributed by atoms with Gasteiger partial charge in [-0.1, -0.05) is 29.8 Å². The summed E-state index contributed by atoms with van der Waals surface area (Å²) in [6.07, 6.45) is 3.53. The third kappa shape index (κ3) is 3.49. The minimum Gasteiger partial charge on any atom is -0.307 e. The first-order chi connectivity index (χ1) is 14.7. The zero-order valence-corrected chi connectivity index (χ0v) is 16.9. The monoisotopic (exact) mass is 412 g/mol. The molecule has 0 spiro atoms. The summed E-state index contributed by atoms with van der Waals surface area (Å²) in [6, 6.07) is 19.5. The summed E-state index contributed by atoms with van der Waals surface area (Å²) in [7, 11) is 0. The number of pyridine rings is 1. The Morgan fingerprint density at radius 1 is 0.933 bits per heavy atom. The van der Waals surface area contributed by atoms with Gasteiger partial charge in [-0.25, -0.2) is 9.97 Å². The fraction of sp³-hybridized carbons (Fsp3) is 0.0435. The third-order valence-electron chi connectivity index (χ3n) is 4.85. The Kier molecular flexibility index (Phi) is 4.61. The highest BCUT2D eigenvalue weighted by atomic mass is 35.5. The molecule has 7 heteroatoms. The Morgan fingerprint density at radius 2 is 1.80 bits per heavy atom. The summed E-state index contributed by atoms with van der Waals surface area (Å²) in [6.45, 7) is 2.02. The second kappa shape index (κ2) is 7.57. The molecule has 0 saturated carbocycles. The van der Waals surface area contributed by atoms with Gasteiger partial charge in [0.15, 0.2) is 5.82 Å². The maximum atomic E-state index is 6.15. The number of halogens is 1. The van der Waals surface area contributed by atoms with Gasteiger partial charge >= 0.3 is 0 Å². The van der Waals surface area contributed by atoms with Gasteiger partial charge in [-0.15, -0.1) is 0 Å².